The second kappa shape index (κ2) is 7.57. The van der Waals surface area contributed by atoms with E-state index in [2.05, 4.69) is 10.9 Å². The fourth-order valence-electron chi connectivity index (χ4n) is 2.10. The maximum absolute atomic E-state index is 13.4. The number of benzene rings is 1. The SMILES string of the molecule is C[C@H](Oc1ccccc1F)C(=O)NNC(=O)CN1CCCC1=O. The summed E-state index contributed by atoms with van der Waals surface area (Å²) in [5, 5.41) is 0. The summed E-state index contributed by atoms with van der Waals surface area (Å²) in [5.41, 5.74) is 4.39. The number of hydrogen-bond acceptors (Lipinski definition) is 4. The molecule has 1 atom stereocenters. The highest BCUT2D eigenvalue weighted by molar-refractivity contribution is 5.88. The molecule has 2 N–H and O–H groups in total. The first-order valence-electron chi connectivity index (χ1n) is 7.25. The number of hydrazine groups is 1. The lowest BCUT2D eigenvalue weighted by Crippen LogP contribution is -2.50. The minimum atomic E-state index is -0.999. The Balaban J connectivity index is 1.76. The fraction of sp³-hybridized carbons (Fsp3) is 0.400. The van der Waals surface area contributed by atoms with Gasteiger partial charge in [0, 0.05) is 13.0 Å². The third kappa shape index (κ3) is 4.67. The van der Waals surface area contributed by atoms with Crippen molar-refractivity contribution >= 4 is 17.7 Å². The molecule has 1 saturated heterocycles. The molecule has 0 saturated carbocycles. The standard InChI is InChI=1S/C15H18FN3O4/c1-10(23-12-6-3-2-5-11(12)16)15(22)18-17-13(20)9-19-8-4-7-14(19)21/h2-3,5-6,10H,4,7-9H2,1H3,(H,17,20)(H,18,22)/t10-/m0/s1. The molecule has 2 rings (SSSR count). The van der Waals surface area contributed by atoms with E-state index in [0.29, 0.717) is 13.0 Å². The first-order valence-corrected chi connectivity index (χ1v) is 7.25. The van der Waals surface area contributed by atoms with Crippen LogP contribution in [0.15, 0.2) is 24.3 Å². The van der Waals surface area contributed by atoms with Gasteiger partial charge in [0.05, 0.1) is 0 Å². The maximum atomic E-state index is 13.4. The zero-order chi connectivity index (χ0) is 16.8. The topological polar surface area (TPSA) is 87.7 Å². The van der Waals surface area contributed by atoms with Crippen LogP contribution < -0.4 is 15.6 Å². The minimum absolute atomic E-state index is 0.0517. The summed E-state index contributed by atoms with van der Waals surface area (Å²) in [5.74, 6) is -1.85. The molecule has 1 fully saturated rings. The monoisotopic (exact) mass is 323 g/mol. The second-order valence-electron chi connectivity index (χ2n) is 5.15. The van der Waals surface area contributed by atoms with Crippen LogP contribution in [-0.2, 0) is 14.4 Å². The van der Waals surface area contributed by atoms with Gasteiger partial charge < -0.3 is 9.64 Å². The largest absolute Gasteiger partial charge is 0.478 e. The number of para-hydroxylation sites is 1. The predicted molar refractivity (Wildman–Crippen MR) is 78.6 cm³/mol. The van der Waals surface area contributed by atoms with Crippen molar-refractivity contribution in [2.75, 3.05) is 13.1 Å². The highest BCUT2D eigenvalue weighted by atomic mass is 19.1. The van der Waals surface area contributed by atoms with Gasteiger partial charge in [-0.25, -0.2) is 4.39 Å². The predicted octanol–water partition coefficient (Wildman–Crippen LogP) is 0.363. The molecule has 0 aliphatic carbocycles. The van der Waals surface area contributed by atoms with E-state index in [9.17, 15) is 18.8 Å². The molecule has 23 heavy (non-hydrogen) atoms. The van der Waals surface area contributed by atoms with Crippen molar-refractivity contribution in [3.05, 3.63) is 30.1 Å². The van der Waals surface area contributed by atoms with Gasteiger partial charge in [0.2, 0.25) is 5.91 Å². The van der Waals surface area contributed by atoms with E-state index < -0.39 is 23.7 Å². The molecule has 1 aliphatic heterocycles. The number of nitrogens with zero attached hydrogens (tertiary/aromatic N) is 1. The molecule has 1 heterocycles. The normalized spacial score (nSPS) is 15.2. The Hall–Kier alpha value is -2.64. The molecule has 0 unspecified atom stereocenters. The average molecular weight is 323 g/mol. The molecule has 124 valence electrons. The van der Waals surface area contributed by atoms with Gasteiger partial charge in [-0.05, 0) is 25.5 Å². The van der Waals surface area contributed by atoms with Crippen molar-refractivity contribution < 1.29 is 23.5 Å². The number of carbonyl (C=O) groups is 3. The first-order chi connectivity index (χ1) is 11.0. The van der Waals surface area contributed by atoms with E-state index in [1.54, 1.807) is 6.07 Å². The number of amides is 3. The average Bonchev–Trinajstić information content (AvgIpc) is 2.92. The second-order valence-corrected chi connectivity index (χ2v) is 5.15. The molecule has 8 heteroatoms. The van der Waals surface area contributed by atoms with Crippen molar-refractivity contribution in [3.63, 3.8) is 0 Å². The fourth-order valence-corrected chi connectivity index (χ4v) is 2.10. The van der Waals surface area contributed by atoms with Crippen molar-refractivity contribution in [1.82, 2.24) is 15.8 Å². The Kier molecular flexibility index (Phi) is 5.51. The minimum Gasteiger partial charge on any atom is -0.478 e. The number of hydrogen-bond donors (Lipinski definition) is 2. The van der Waals surface area contributed by atoms with E-state index in [1.807, 2.05) is 0 Å². The van der Waals surface area contributed by atoms with Crippen molar-refractivity contribution in [1.29, 1.82) is 0 Å². The molecule has 1 aromatic rings. The van der Waals surface area contributed by atoms with Crippen LogP contribution in [0.3, 0.4) is 0 Å². The van der Waals surface area contributed by atoms with Crippen LogP contribution in [0.4, 0.5) is 4.39 Å². The van der Waals surface area contributed by atoms with Crippen LogP contribution in [0.2, 0.25) is 0 Å². The molecular weight excluding hydrogens is 305 g/mol. The number of nitrogens with one attached hydrogen (secondary N) is 2. The molecule has 1 aliphatic rings. The Bertz CT molecular complexity index is 608. The number of halogens is 1. The summed E-state index contributed by atoms with van der Waals surface area (Å²) in [6, 6.07) is 5.70. The van der Waals surface area contributed by atoms with Gasteiger partial charge in [-0.1, -0.05) is 12.1 Å². The Morgan fingerprint density at radius 2 is 2.09 bits per heavy atom. The smallest absolute Gasteiger partial charge is 0.279 e. The van der Waals surface area contributed by atoms with Crippen LogP contribution in [0.25, 0.3) is 0 Å². The molecule has 0 radical (unpaired) electrons. The quantitative estimate of drug-likeness (QED) is 0.766. The van der Waals surface area contributed by atoms with Gasteiger partial charge >= 0.3 is 0 Å². The van der Waals surface area contributed by atoms with Gasteiger partial charge in [0.15, 0.2) is 17.7 Å². The number of likely N-dealkylation sites (tertiary alicyclic amines) is 1. The molecule has 3 amide bonds. The zero-order valence-electron chi connectivity index (χ0n) is 12.7. The van der Waals surface area contributed by atoms with Crippen molar-refractivity contribution in [2.45, 2.75) is 25.9 Å². The highest BCUT2D eigenvalue weighted by Crippen LogP contribution is 2.16. The third-order valence-corrected chi connectivity index (χ3v) is 3.34. The van der Waals surface area contributed by atoms with Gasteiger partial charge in [-0.15, -0.1) is 0 Å². The van der Waals surface area contributed by atoms with Gasteiger partial charge in [-0.2, -0.15) is 0 Å². The Labute approximate surface area is 132 Å². The van der Waals surface area contributed by atoms with Gasteiger partial charge in [0.25, 0.3) is 11.8 Å². The zero-order valence-corrected chi connectivity index (χ0v) is 12.7. The van der Waals surface area contributed by atoms with Gasteiger partial charge in [-0.3, -0.25) is 25.2 Å². The summed E-state index contributed by atoms with van der Waals surface area (Å²) in [4.78, 5) is 36.3. The van der Waals surface area contributed by atoms with Crippen LogP contribution in [0.5, 0.6) is 5.75 Å². The van der Waals surface area contributed by atoms with Crippen molar-refractivity contribution in [2.24, 2.45) is 0 Å². The molecule has 0 bridgehead atoms. The van der Waals surface area contributed by atoms with Crippen LogP contribution in [0, 0.1) is 5.82 Å². The van der Waals surface area contributed by atoms with E-state index in [0.717, 1.165) is 6.42 Å². The van der Waals surface area contributed by atoms with E-state index in [4.69, 9.17) is 4.74 Å². The van der Waals surface area contributed by atoms with E-state index in [-0.39, 0.29) is 18.2 Å². The molecular formula is C15H18FN3O4. The summed E-state index contributed by atoms with van der Waals surface area (Å²) < 4.78 is 18.6. The summed E-state index contributed by atoms with van der Waals surface area (Å²) in [6.45, 7) is 1.85. The molecule has 0 aromatic heterocycles. The lowest BCUT2D eigenvalue weighted by atomic mass is 10.3. The van der Waals surface area contributed by atoms with Crippen LogP contribution in [0.1, 0.15) is 19.8 Å². The molecule has 0 spiro atoms. The highest BCUT2D eigenvalue weighted by Gasteiger charge is 2.23. The number of carbonyl (C=O) groups excluding carboxylic acids is 3. The summed E-state index contributed by atoms with van der Waals surface area (Å²) in [6.07, 6.45) is 0.166. The third-order valence-electron chi connectivity index (χ3n) is 3.34. The van der Waals surface area contributed by atoms with Crippen LogP contribution in [-0.4, -0.2) is 41.8 Å². The van der Waals surface area contributed by atoms with Crippen molar-refractivity contribution in [3.8, 4) is 5.75 Å². The van der Waals surface area contributed by atoms with E-state index in [1.165, 1.54) is 30.0 Å². The Morgan fingerprint density at radius 3 is 2.74 bits per heavy atom. The molecule has 7 nitrogen and oxygen atoms in total. The lowest BCUT2D eigenvalue weighted by Gasteiger charge is -2.17. The number of ether oxygens (including phenoxy) is 1. The lowest BCUT2D eigenvalue weighted by molar-refractivity contribution is -0.135. The summed E-state index contributed by atoms with van der Waals surface area (Å²) >= 11 is 0. The Morgan fingerprint density at radius 1 is 1.35 bits per heavy atom. The van der Waals surface area contributed by atoms with Crippen LogP contribution >= 0.6 is 0 Å². The maximum Gasteiger partial charge on any atom is 0.279 e. The first kappa shape index (κ1) is 16.7. The van der Waals surface area contributed by atoms with E-state index >= 15 is 0 Å². The number of rotatable bonds is 5. The summed E-state index contributed by atoms with van der Waals surface area (Å²) in [7, 11) is 0. The van der Waals surface area contributed by atoms with Gasteiger partial charge in [0.1, 0.15) is 6.54 Å². The molecule has 1 aromatic carbocycles.